The summed E-state index contributed by atoms with van der Waals surface area (Å²) >= 11 is 0. The van der Waals surface area contributed by atoms with Gasteiger partial charge < -0.3 is 4.90 Å². The standard InChI is InChI=1S/C17H22F2N2O/c1-11(13-4-6-15(18)16(19)8-13)20(2)17(22)10-21-9-12-3-5-14(21)7-12/h4,6,8,11-12,14H,3,5,7,9-10H2,1-2H3. The summed E-state index contributed by atoms with van der Waals surface area (Å²) < 4.78 is 26.4. The van der Waals surface area contributed by atoms with Gasteiger partial charge in [0.05, 0.1) is 12.6 Å². The molecule has 0 spiro atoms. The van der Waals surface area contributed by atoms with Crippen molar-refractivity contribution in [2.45, 2.75) is 38.3 Å². The largest absolute Gasteiger partial charge is 0.338 e. The second-order valence-corrected chi connectivity index (χ2v) is 6.62. The summed E-state index contributed by atoms with van der Waals surface area (Å²) in [5.74, 6) is -0.948. The molecule has 1 aliphatic heterocycles. The van der Waals surface area contributed by atoms with E-state index in [-0.39, 0.29) is 11.9 Å². The monoisotopic (exact) mass is 308 g/mol. The average molecular weight is 308 g/mol. The van der Waals surface area contributed by atoms with E-state index in [0.29, 0.717) is 18.2 Å². The first kappa shape index (κ1) is 15.4. The molecule has 3 rings (SSSR count). The number of hydrogen-bond donors (Lipinski definition) is 0. The van der Waals surface area contributed by atoms with Crippen LogP contribution in [0.4, 0.5) is 8.78 Å². The lowest BCUT2D eigenvalue weighted by molar-refractivity contribution is -0.133. The molecule has 1 saturated heterocycles. The van der Waals surface area contributed by atoms with Crippen molar-refractivity contribution in [2.24, 2.45) is 5.92 Å². The number of carbonyl (C=O) groups excluding carboxylic acids is 1. The number of fused-ring (bicyclic) bond motifs is 2. The molecule has 2 aliphatic rings. The quantitative estimate of drug-likeness (QED) is 0.854. The maximum atomic E-state index is 13.3. The van der Waals surface area contributed by atoms with Gasteiger partial charge in [-0.25, -0.2) is 8.78 Å². The molecule has 5 heteroatoms. The fourth-order valence-corrected chi connectivity index (χ4v) is 3.72. The lowest BCUT2D eigenvalue weighted by Crippen LogP contribution is -2.42. The van der Waals surface area contributed by atoms with Crippen LogP contribution in [0.15, 0.2) is 18.2 Å². The SMILES string of the molecule is CC(c1ccc(F)c(F)c1)N(C)C(=O)CN1CC2CCC1C2. The van der Waals surface area contributed by atoms with Gasteiger partial charge in [-0.15, -0.1) is 0 Å². The number of amides is 1. The van der Waals surface area contributed by atoms with Crippen LogP contribution < -0.4 is 0 Å². The average Bonchev–Trinajstić information content (AvgIpc) is 3.11. The molecule has 1 heterocycles. The lowest BCUT2D eigenvalue weighted by atomic mass is 10.1. The van der Waals surface area contributed by atoms with Crippen LogP contribution in [0.3, 0.4) is 0 Å². The molecule has 1 aliphatic carbocycles. The highest BCUT2D eigenvalue weighted by atomic mass is 19.2. The summed E-state index contributed by atoms with van der Waals surface area (Å²) in [6.07, 6.45) is 3.70. The van der Waals surface area contributed by atoms with Crippen LogP contribution >= 0.6 is 0 Å². The molecule has 2 fully saturated rings. The van der Waals surface area contributed by atoms with E-state index >= 15 is 0 Å². The van der Waals surface area contributed by atoms with Gasteiger partial charge in [0.25, 0.3) is 0 Å². The molecular weight excluding hydrogens is 286 g/mol. The van der Waals surface area contributed by atoms with Gasteiger partial charge in [0, 0.05) is 19.6 Å². The van der Waals surface area contributed by atoms with Crippen LogP contribution in [0.5, 0.6) is 0 Å². The Labute approximate surface area is 129 Å². The Balaban J connectivity index is 1.63. The van der Waals surface area contributed by atoms with E-state index in [0.717, 1.165) is 18.5 Å². The minimum absolute atomic E-state index is 0.0322. The fraction of sp³-hybridized carbons (Fsp3) is 0.588. The van der Waals surface area contributed by atoms with Crippen molar-refractivity contribution in [1.29, 1.82) is 0 Å². The van der Waals surface area contributed by atoms with E-state index in [1.165, 1.54) is 31.4 Å². The molecule has 1 saturated carbocycles. The third kappa shape index (κ3) is 2.86. The van der Waals surface area contributed by atoms with Crippen molar-refractivity contribution >= 4 is 5.91 Å². The van der Waals surface area contributed by atoms with Crippen molar-refractivity contribution in [3.05, 3.63) is 35.4 Å². The molecule has 3 atom stereocenters. The molecule has 0 N–H and O–H groups in total. The molecule has 0 radical (unpaired) electrons. The molecule has 2 bridgehead atoms. The highest BCUT2D eigenvalue weighted by molar-refractivity contribution is 5.78. The van der Waals surface area contributed by atoms with Gasteiger partial charge in [0.15, 0.2) is 11.6 Å². The normalized spacial score (nSPS) is 25.5. The van der Waals surface area contributed by atoms with Crippen molar-refractivity contribution < 1.29 is 13.6 Å². The van der Waals surface area contributed by atoms with Crippen LogP contribution in [0, 0.1) is 17.6 Å². The zero-order valence-electron chi connectivity index (χ0n) is 13.1. The topological polar surface area (TPSA) is 23.6 Å². The van der Waals surface area contributed by atoms with Crippen LogP contribution in [0.2, 0.25) is 0 Å². The molecule has 1 amide bonds. The van der Waals surface area contributed by atoms with E-state index in [1.807, 2.05) is 6.92 Å². The molecule has 3 unspecified atom stereocenters. The van der Waals surface area contributed by atoms with E-state index in [4.69, 9.17) is 0 Å². The second-order valence-electron chi connectivity index (χ2n) is 6.62. The van der Waals surface area contributed by atoms with E-state index in [2.05, 4.69) is 4.90 Å². The summed E-state index contributed by atoms with van der Waals surface area (Å²) in [5, 5.41) is 0. The zero-order valence-corrected chi connectivity index (χ0v) is 13.1. The fourth-order valence-electron chi connectivity index (χ4n) is 3.72. The molecule has 1 aromatic rings. The van der Waals surface area contributed by atoms with Crippen molar-refractivity contribution in [3.8, 4) is 0 Å². The Kier molecular flexibility index (Phi) is 4.17. The van der Waals surface area contributed by atoms with Gasteiger partial charge in [-0.3, -0.25) is 9.69 Å². The Morgan fingerprint density at radius 3 is 2.73 bits per heavy atom. The number of halogens is 2. The summed E-state index contributed by atoms with van der Waals surface area (Å²) in [5.41, 5.74) is 0.609. The minimum Gasteiger partial charge on any atom is -0.338 e. The van der Waals surface area contributed by atoms with Gasteiger partial charge >= 0.3 is 0 Å². The minimum atomic E-state index is -0.873. The number of likely N-dealkylation sites (tertiary alicyclic amines) is 1. The number of piperidine rings is 1. The van der Waals surface area contributed by atoms with E-state index in [1.54, 1.807) is 11.9 Å². The predicted octanol–water partition coefficient (Wildman–Crippen LogP) is 2.97. The third-order valence-corrected chi connectivity index (χ3v) is 5.26. The zero-order chi connectivity index (χ0) is 15.9. The van der Waals surface area contributed by atoms with Gasteiger partial charge in [0.2, 0.25) is 5.91 Å². The smallest absolute Gasteiger partial charge is 0.237 e. The third-order valence-electron chi connectivity index (χ3n) is 5.26. The highest BCUT2D eigenvalue weighted by Crippen LogP contribution is 2.37. The Hall–Kier alpha value is -1.49. The number of nitrogens with zero attached hydrogens (tertiary/aromatic N) is 2. The summed E-state index contributed by atoms with van der Waals surface area (Å²) in [4.78, 5) is 16.4. The Morgan fingerprint density at radius 2 is 2.14 bits per heavy atom. The number of likely N-dealkylation sites (N-methyl/N-ethyl adjacent to an activating group) is 1. The second kappa shape index (κ2) is 5.95. The maximum Gasteiger partial charge on any atom is 0.237 e. The summed E-state index contributed by atoms with van der Waals surface area (Å²) in [6, 6.07) is 4.09. The number of hydrogen-bond acceptors (Lipinski definition) is 2. The molecule has 3 nitrogen and oxygen atoms in total. The van der Waals surface area contributed by atoms with Crippen LogP contribution in [0.25, 0.3) is 0 Å². The van der Waals surface area contributed by atoms with Crippen LogP contribution in [0.1, 0.15) is 37.8 Å². The first-order valence-corrected chi connectivity index (χ1v) is 7.90. The predicted molar refractivity (Wildman–Crippen MR) is 80.2 cm³/mol. The van der Waals surface area contributed by atoms with E-state index < -0.39 is 11.6 Å². The Morgan fingerprint density at radius 1 is 1.36 bits per heavy atom. The molecule has 1 aromatic carbocycles. The van der Waals surface area contributed by atoms with Crippen molar-refractivity contribution in [2.75, 3.05) is 20.1 Å². The molecule has 0 aromatic heterocycles. The first-order valence-electron chi connectivity index (χ1n) is 7.90. The number of rotatable bonds is 4. The van der Waals surface area contributed by atoms with Gasteiger partial charge in [-0.05, 0) is 49.8 Å². The summed E-state index contributed by atoms with van der Waals surface area (Å²) in [6.45, 7) is 3.27. The molecule has 22 heavy (non-hydrogen) atoms. The van der Waals surface area contributed by atoms with Gasteiger partial charge in [0.1, 0.15) is 0 Å². The number of benzene rings is 1. The van der Waals surface area contributed by atoms with Gasteiger partial charge in [-0.2, -0.15) is 0 Å². The highest BCUT2D eigenvalue weighted by Gasteiger charge is 2.38. The van der Waals surface area contributed by atoms with Gasteiger partial charge in [-0.1, -0.05) is 6.07 Å². The maximum absolute atomic E-state index is 13.3. The first-order chi connectivity index (χ1) is 10.5. The molecule has 120 valence electrons. The van der Waals surface area contributed by atoms with E-state index in [9.17, 15) is 13.6 Å². The Bertz CT molecular complexity index is 578. The lowest BCUT2D eigenvalue weighted by Gasteiger charge is -2.31. The number of carbonyl (C=O) groups is 1. The van der Waals surface area contributed by atoms with Crippen LogP contribution in [-0.4, -0.2) is 41.9 Å². The molecular formula is C17H22F2N2O. The van der Waals surface area contributed by atoms with Crippen molar-refractivity contribution in [3.63, 3.8) is 0 Å². The summed E-state index contributed by atoms with van der Waals surface area (Å²) in [7, 11) is 1.72. The van der Waals surface area contributed by atoms with Crippen LogP contribution in [-0.2, 0) is 4.79 Å². The van der Waals surface area contributed by atoms with Crippen molar-refractivity contribution in [1.82, 2.24) is 9.80 Å².